The van der Waals surface area contributed by atoms with Gasteiger partial charge in [-0.05, 0) is 49.6 Å². The van der Waals surface area contributed by atoms with E-state index in [1.165, 1.54) is 0 Å². The van der Waals surface area contributed by atoms with Crippen molar-refractivity contribution in [2.45, 2.75) is 19.4 Å². The number of carbonyl (C=O) groups is 2. The lowest BCUT2D eigenvalue weighted by atomic mass is 10.1. The lowest BCUT2D eigenvalue weighted by Gasteiger charge is -2.18. The maximum Gasteiger partial charge on any atom is 0.251 e. The Morgan fingerprint density at radius 1 is 1.10 bits per heavy atom. The molecule has 1 heterocycles. The number of nitrogens with one attached hydrogen (secondary N) is 2. The van der Waals surface area contributed by atoms with Gasteiger partial charge in [0.1, 0.15) is 6.04 Å². The summed E-state index contributed by atoms with van der Waals surface area (Å²) in [6.45, 7) is 1.97. The molecule has 0 spiro atoms. The molecule has 0 saturated carbocycles. The number of nitrogens with zero attached hydrogens (tertiary/aromatic N) is 1. The molecule has 0 saturated heterocycles. The number of aryl methyl sites for hydroxylation is 1. The molecule has 0 fully saturated rings. The second kappa shape index (κ2) is 10.2. The lowest BCUT2D eigenvalue weighted by Crippen LogP contribution is -2.44. The summed E-state index contributed by atoms with van der Waals surface area (Å²) in [5, 5.41) is 8.80. The third-order valence-electron chi connectivity index (χ3n) is 4.34. The first-order valence-corrected chi connectivity index (χ1v) is 11.5. The highest BCUT2D eigenvalue weighted by atomic mass is 32.2. The quantitative estimate of drug-likeness (QED) is 0.553. The minimum atomic E-state index is -0.601. The maximum absolute atomic E-state index is 12.8. The van der Waals surface area contributed by atoms with Crippen molar-refractivity contribution in [3.8, 4) is 11.3 Å². The molecule has 1 aromatic heterocycles. The van der Waals surface area contributed by atoms with Crippen LogP contribution in [-0.2, 0) is 4.79 Å². The molecular weight excluding hydrogens is 402 g/mol. The number of hydrogen-bond acceptors (Lipinski definition) is 5. The van der Waals surface area contributed by atoms with Gasteiger partial charge in [-0.15, -0.1) is 11.3 Å². The molecule has 29 heavy (non-hydrogen) atoms. The monoisotopic (exact) mass is 425 g/mol. The zero-order valence-corrected chi connectivity index (χ0v) is 18.0. The van der Waals surface area contributed by atoms with E-state index in [0.29, 0.717) is 17.7 Å². The van der Waals surface area contributed by atoms with Crippen LogP contribution in [0, 0.1) is 6.92 Å². The molecule has 0 aliphatic heterocycles. The van der Waals surface area contributed by atoms with Crippen LogP contribution in [0.25, 0.3) is 11.3 Å². The number of hydrogen-bond donors (Lipinski definition) is 2. The largest absolute Gasteiger partial charge is 0.340 e. The van der Waals surface area contributed by atoms with E-state index in [9.17, 15) is 9.59 Å². The summed E-state index contributed by atoms with van der Waals surface area (Å²) >= 11 is 3.25. The molecule has 5 nitrogen and oxygen atoms in total. The van der Waals surface area contributed by atoms with Gasteiger partial charge in [-0.25, -0.2) is 4.98 Å². The number of anilines is 1. The highest BCUT2D eigenvalue weighted by Crippen LogP contribution is 2.23. The highest BCUT2D eigenvalue weighted by molar-refractivity contribution is 7.98. The van der Waals surface area contributed by atoms with Crippen LogP contribution in [0.2, 0.25) is 0 Å². The fourth-order valence-corrected chi connectivity index (χ4v) is 3.88. The first-order chi connectivity index (χ1) is 14.1. The summed E-state index contributed by atoms with van der Waals surface area (Å²) in [5.41, 5.74) is 3.16. The van der Waals surface area contributed by atoms with E-state index in [1.807, 2.05) is 48.9 Å². The van der Waals surface area contributed by atoms with E-state index in [0.717, 1.165) is 22.0 Å². The molecule has 7 heteroatoms. The molecule has 150 valence electrons. The predicted molar refractivity (Wildman–Crippen MR) is 122 cm³/mol. The Kier molecular flexibility index (Phi) is 7.43. The van der Waals surface area contributed by atoms with Crippen LogP contribution in [0.5, 0.6) is 0 Å². The second-order valence-corrected chi connectivity index (χ2v) is 8.54. The molecule has 0 aliphatic rings. The number of thioether (sulfide) groups is 1. The van der Waals surface area contributed by atoms with Crippen LogP contribution in [0.4, 0.5) is 5.69 Å². The number of benzene rings is 2. The van der Waals surface area contributed by atoms with Gasteiger partial charge in [-0.2, -0.15) is 11.8 Å². The number of aromatic nitrogens is 1. The molecule has 1 unspecified atom stereocenters. The standard InChI is InChI=1S/C22H23N3O2S2/c1-15-23-20(14-29-15)16-8-10-18(11-9-16)24-22(27)19(12-13-28-2)25-21(26)17-6-4-3-5-7-17/h3-11,14,19H,12-13H2,1-2H3,(H,24,27)(H,25,26). The average Bonchev–Trinajstić information content (AvgIpc) is 3.18. The minimum Gasteiger partial charge on any atom is -0.340 e. The summed E-state index contributed by atoms with van der Waals surface area (Å²) in [7, 11) is 0. The number of carbonyl (C=O) groups excluding carboxylic acids is 2. The van der Waals surface area contributed by atoms with E-state index >= 15 is 0 Å². The van der Waals surface area contributed by atoms with Gasteiger partial charge in [-0.3, -0.25) is 9.59 Å². The average molecular weight is 426 g/mol. The van der Waals surface area contributed by atoms with Crippen molar-refractivity contribution < 1.29 is 9.59 Å². The zero-order valence-electron chi connectivity index (χ0n) is 16.3. The number of rotatable bonds is 8. The Bertz CT molecular complexity index is 956. The molecule has 3 aromatic rings. The van der Waals surface area contributed by atoms with Crippen LogP contribution < -0.4 is 10.6 Å². The molecule has 2 aromatic carbocycles. The van der Waals surface area contributed by atoms with Crippen LogP contribution in [0.3, 0.4) is 0 Å². The number of thiazole rings is 1. The third kappa shape index (κ3) is 5.92. The summed E-state index contributed by atoms with van der Waals surface area (Å²) < 4.78 is 0. The van der Waals surface area contributed by atoms with E-state index in [2.05, 4.69) is 15.6 Å². The fraction of sp³-hybridized carbons (Fsp3) is 0.227. The summed E-state index contributed by atoms with van der Waals surface area (Å²) in [4.78, 5) is 29.7. The van der Waals surface area contributed by atoms with Crippen LogP contribution in [0.15, 0.2) is 60.0 Å². The molecule has 0 radical (unpaired) electrons. The van der Waals surface area contributed by atoms with Crippen molar-refractivity contribution in [3.05, 3.63) is 70.5 Å². The predicted octanol–water partition coefficient (Wildman–Crippen LogP) is 4.61. The van der Waals surface area contributed by atoms with Crippen molar-refractivity contribution in [1.29, 1.82) is 0 Å². The maximum atomic E-state index is 12.8. The lowest BCUT2D eigenvalue weighted by molar-refractivity contribution is -0.118. The van der Waals surface area contributed by atoms with Gasteiger partial charge in [0, 0.05) is 22.2 Å². The van der Waals surface area contributed by atoms with Crippen molar-refractivity contribution in [2.75, 3.05) is 17.3 Å². The molecule has 0 bridgehead atoms. The highest BCUT2D eigenvalue weighted by Gasteiger charge is 2.21. The minimum absolute atomic E-state index is 0.222. The summed E-state index contributed by atoms with van der Waals surface area (Å²) in [6, 6.07) is 15.9. The number of amides is 2. The molecule has 2 amide bonds. The Balaban J connectivity index is 1.66. The van der Waals surface area contributed by atoms with Crippen LogP contribution in [0.1, 0.15) is 21.8 Å². The zero-order chi connectivity index (χ0) is 20.6. The molecule has 1 atom stereocenters. The first kappa shape index (κ1) is 21.1. The second-order valence-electron chi connectivity index (χ2n) is 6.49. The Labute approximate surface area is 179 Å². The molecular formula is C22H23N3O2S2. The third-order valence-corrected chi connectivity index (χ3v) is 5.75. The van der Waals surface area contributed by atoms with E-state index < -0.39 is 6.04 Å². The van der Waals surface area contributed by atoms with Crippen LogP contribution in [-0.4, -0.2) is 34.8 Å². The van der Waals surface area contributed by atoms with Gasteiger partial charge in [0.15, 0.2) is 0 Å². The van der Waals surface area contributed by atoms with Crippen molar-refractivity contribution in [3.63, 3.8) is 0 Å². The summed E-state index contributed by atoms with van der Waals surface area (Å²) in [5.74, 6) is 0.302. The smallest absolute Gasteiger partial charge is 0.251 e. The topological polar surface area (TPSA) is 71.1 Å². The first-order valence-electron chi connectivity index (χ1n) is 9.25. The van der Waals surface area contributed by atoms with Gasteiger partial charge in [0.05, 0.1) is 10.7 Å². The van der Waals surface area contributed by atoms with E-state index in [4.69, 9.17) is 0 Å². The Hall–Kier alpha value is -2.64. The molecule has 0 aliphatic carbocycles. The Morgan fingerprint density at radius 2 is 1.83 bits per heavy atom. The van der Waals surface area contributed by atoms with Crippen LogP contribution >= 0.6 is 23.1 Å². The van der Waals surface area contributed by atoms with Crippen molar-refractivity contribution >= 4 is 40.6 Å². The molecule has 3 rings (SSSR count). The van der Waals surface area contributed by atoms with Gasteiger partial charge in [0.25, 0.3) is 5.91 Å². The van der Waals surface area contributed by atoms with Crippen molar-refractivity contribution in [2.24, 2.45) is 0 Å². The van der Waals surface area contributed by atoms with Gasteiger partial charge in [0.2, 0.25) is 5.91 Å². The molecule has 2 N–H and O–H groups in total. The van der Waals surface area contributed by atoms with Gasteiger partial charge < -0.3 is 10.6 Å². The van der Waals surface area contributed by atoms with E-state index in [-0.39, 0.29) is 11.8 Å². The van der Waals surface area contributed by atoms with Gasteiger partial charge in [-0.1, -0.05) is 30.3 Å². The SMILES string of the molecule is CSCCC(NC(=O)c1ccccc1)C(=O)Nc1ccc(-c2csc(C)n2)cc1. The Morgan fingerprint density at radius 3 is 2.45 bits per heavy atom. The normalized spacial score (nSPS) is 11.7. The summed E-state index contributed by atoms with van der Waals surface area (Å²) in [6.07, 6.45) is 2.54. The van der Waals surface area contributed by atoms with E-state index in [1.54, 1.807) is 47.4 Å². The fourth-order valence-electron chi connectivity index (χ4n) is 2.79. The van der Waals surface area contributed by atoms with Crippen molar-refractivity contribution in [1.82, 2.24) is 10.3 Å². The van der Waals surface area contributed by atoms with Gasteiger partial charge >= 0.3 is 0 Å².